The van der Waals surface area contributed by atoms with Gasteiger partial charge < -0.3 is 28.7 Å². The number of hydrogen-bond donors (Lipinski definition) is 2. The molecule has 5 rings (SSSR count). The molecule has 0 unspecified atom stereocenters. The van der Waals surface area contributed by atoms with Gasteiger partial charge in [-0.3, -0.25) is 4.52 Å². The van der Waals surface area contributed by atoms with Crippen molar-refractivity contribution in [1.82, 2.24) is 14.8 Å². The lowest BCUT2D eigenvalue weighted by atomic mass is 9.89. The number of hydrogen-bond acceptors (Lipinski definition) is 11. The van der Waals surface area contributed by atoms with E-state index in [4.69, 9.17) is 28.7 Å². The highest BCUT2D eigenvalue weighted by Crippen LogP contribution is 2.43. The van der Waals surface area contributed by atoms with Crippen LogP contribution in [0.4, 0.5) is 13.2 Å². The fourth-order valence-electron chi connectivity index (χ4n) is 5.59. The van der Waals surface area contributed by atoms with E-state index in [0.29, 0.717) is 11.6 Å². The van der Waals surface area contributed by atoms with E-state index in [9.17, 15) is 27.9 Å². The number of carbonyl (C=O) groups is 1. The van der Waals surface area contributed by atoms with Gasteiger partial charge in [-0.1, -0.05) is 30.4 Å². The van der Waals surface area contributed by atoms with Crippen molar-refractivity contribution in [1.29, 1.82) is 5.26 Å². The average molecular weight is 787 g/mol. The molecule has 1 aromatic heterocycles. The number of ether oxygens (including phenoxy) is 4. The molecule has 0 amide bonds. The van der Waals surface area contributed by atoms with Crippen LogP contribution in [-0.2, 0) is 42.1 Å². The van der Waals surface area contributed by atoms with E-state index < -0.39 is 55.0 Å². The molecule has 2 heterocycles. The molecule has 1 fully saturated rings. The fourth-order valence-corrected chi connectivity index (χ4v) is 7.25. The third-order valence-corrected chi connectivity index (χ3v) is 10.1. The number of esters is 1. The van der Waals surface area contributed by atoms with Crippen molar-refractivity contribution in [3.05, 3.63) is 131 Å². The number of nitrogens with zero attached hydrogens (tertiary/aromatic N) is 4. The van der Waals surface area contributed by atoms with E-state index in [0.717, 1.165) is 12.1 Å². The van der Waals surface area contributed by atoms with Crippen LogP contribution in [-0.4, -0.2) is 67.6 Å². The summed E-state index contributed by atoms with van der Waals surface area (Å²) in [4.78, 5) is 36.9. The Hall–Kier alpha value is -4.79. The number of rotatable bonds is 15. The Morgan fingerprint density at radius 3 is 2.57 bits per heavy atom. The van der Waals surface area contributed by atoms with Gasteiger partial charge in [0.25, 0.3) is 0 Å². The quantitative estimate of drug-likeness (QED) is 0.0808. The number of aromatic nitrogens is 3. The topological polar surface area (TPSA) is 175 Å². The molecule has 3 aromatic carbocycles. The summed E-state index contributed by atoms with van der Waals surface area (Å²) in [5.41, 5.74) is -1.85. The number of methoxy groups -OCH3 is 1. The van der Waals surface area contributed by atoms with Gasteiger partial charge >= 0.3 is 13.8 Å². The van der Waals surface area contributed by atoms with Gasteiger partial charge in [0.05, 0.1) is 55.9 Å². The van der Waals surface area contributed by atoms with Crippen LogP contribution in [0.1, 0.15) is 39.5 Å². The summed E-state index contributed by atoms with van der Waals surface area (Å²) >= 11 is 1.25. The zero-order valence-electron chi connectivity index (χ0n) is 28.8. The van der Waals surface area contributed by atoms with Crippen molar-refractivity contribution in [2.75, 3.05) is 20.3 Å². The van der Waals surface area contributed by atoms with E-state index >= 15 is 4.39 Å². The van der Waals surface area contributed by atoms with Gasteiger partial charge in [0.2, 0.25) is 0 Å². The molecule has 4 aromatic rings. The van der Waals surface area contributed by atoms with E-state index in [1.54, 1.807) is 25.2 Å². The molecule has 0 saturated carbocycles. The van der Waals surface area contributed by atoms with Gasteiger partial charge in [-0.15, -0.1) is 11.8 Å². The number of nitriles is 1. The number of phosphoric acid groups is 1. The molecule has 18 heteroatoms. The number of phosphoric ester groups is 1. The maximum absolute atomic E-state index is 15.9. The zero-order chi connectivity index (χ0) is 38.9. The summed E-state index contributed by atoms with van der Waals surface area (Å²) in [7, 11) is -3.70. The molecule has 0 spiro atoms. The van der Waals surface area contributed by atoms with Gasteiger partial charge in [-0.25, -0.2) is 32.2 Å². The van der Waals surface area contributed by atoms with E-state index in [1.165, 1.54) is 78.7 Å². The SMILES string of the molecule is COc1cccc(C(=O)O[C@@](Cn2cncn2)(c2ccc(F)cc2F)[C@@H](C)S[C@H]2CO[C@H](C=CC=Cc3ccc(C#N)cc3F)OC2)c1COP(=O)(O)O. The van der Waals surface area contributed by atoms with E-state index in [-0.39, 0.29) is 53.0 Å². The number of halogens is 3. The largest absolute Gasteiger partial charge is 0.496 e. The number of carbonyl (C=O) groups excluding carboxylic acids is 1. The standard InChI is InChI=1S/C36H34F3N4O9PS/c1-23(54-27-17-49-34(50-18-27)9-4-3-6-25-11-10-24(16-40)14-31(25)38)36(20-43-22-41-21-42-43,30-13-12-26(37)15-32(30)39)52-35(44)28-7-5-8-33(48-2)29(28)19-51-53(45,46)47/h3-15,21-23,27,34H,17-20H2,1-2H3,(H2,45,46,47)/t23-,27-,34-,36-/m1/s1. The van der Waals surface area contributed by atoms with Gasteiger partial charge in [0, 0.05) is 28.0 Å². The summed E-state index contributed by atoms with van der Waals surface area (Å²) in [6.07, 6.45) is 8.18. The summed E-state index contributed by atoms with van der Waals surface area (Å²) in [6.45, 7) is 0.951. The smallest absolute Gasteiger partial charge is 0.469 e. The maximum Gasteiger partial charge on any atom is 0.469 e. The van der Waals surface area contributed by atoms with Crippen molar-refractivity contribution < 1.29 is 55.8 Å². The zero-order valence-corrected chi connectivity index (χ0v) is 30.5. The second-order valence-electron chi connectivity index (χ2n) is 11.8. The lowest BCUT2D eigenvalue weighted by Crippen LogP contribution is -2.47. The molecule has 13 nitrogen and oxygen atoms in total. The second kappa shape index (κ2) is 18.0. The van der Waals surface area contributed by atoms with Crippen LogP contribution in [0.25, 0.3) is 6.08 Å². The minimum Gasteiger partial charge on any atom is -0.496 e. The lowest BCUT2D eigenvalue weighted by molar-refractivity contribution is -0.146. The molecule has 1 aliphatic heterocycles. The predicted octanol–water partition coefficient (Wildman–Crippen LogP) is 6.07. The van der Waals surface area contributed by atoms with Gasteiger partial charge in [-0.05, 0) is 49.4 Å². The summed E-state index contributed by atoms with van der Waals surface area (Å²) in [6, 6.07) is 13.1. The average Bonchev–Trinajstić information content (AvgIpc) is 3.65. The Bertz CT molecular complexity index is 2090. The molecular weight excluding hydrogens is 752 g/mol. The molecule has 2 atom stereocenters. The van der Waals surface area contributed by atoms with Crippen molar-refractivity contribution in [2.24, 2.45) is 0 Å². The van der Waals surface area contributed by atoms with Crippen LogP contribution >= 0.6 is 19.6 Å². The van der Waals surface area contributed by atoms with Crippen molar-refractivity contribution in [2.45, 2.75) is 42.5 Å². The molecule has 0 radical (unpaired) electrons. The van der Waals surface area contributed by atoms with Gasteiger partial charge in [0.1, 0.15) is 35.9 Å². The van der Waals surface area contributed by atoms with Gasteiger partial charge in [0.15, 0.2) is 11.9 Å². The molecular formula is C36H34F3N4O9PS. The first-order valence-electron chi connectivity index (χ1n) is 16.1. The van der Waals surface area contributed by atoms with Crippen LogP contribution in [0.2, 0.25) is 0 Å². The van der Waals surface area contributed by atoms with E-state index in [1.807, 2.05) is 6.07 Å². The number of thioether (sulfide) groups is 1. The Morgan fingerprint density at radius 1 is 1.15 bits per heavy atom. The first-order chi connectivity index (χ1) is 25.8. The number of benzene rings is 3. The minimum atomic E-state index is -4.99. The molecule has 1 aliphatic rings. The molecule has 2 N–H and O–H groups in total. The predicted molar refractivity (Wildman–Crippen MR) is 189 cm³/mol. The molecule has 54 heavy (non-hydrogen) atoms. The van der Waals surface area contributed by atoms with Crippen LogP contribution in [0.3, 0.4) is 0 Å². The fraction of sp³-hybridized carbons (Fsp3) is 0.278. The first kappa shape index (κ1) is 40.4. The first-order valence-corrected chi connectivity index (χ1v) is 18.6. The maximum atomic E-state index is 15.9. The third kappa shape index (κ3) is 10.2. The number of allylic oxidation sites excluding steroid dienone is 2. The summed E-state index contributed by atoms with van der Waals surface area (Å²) < 4.78 is 85.3. The Labute approximate surface area is 312 Å². The molecule has 0 bridgehead atoms. The van der Waals surface area contributed by atoms with Crippen molar-refractivity contribution >= 4 is 31.6 Å². The van der Waals surface area contributed by atoms with Crippen molar-refractivity contribution in [3.8, 4) is 11.8 Å². The Balaban J connectivity index is 1.40. The van der Waals surface area contributed by atoms with E-state index in [2.05, 4.69) is 10.1 Å². The van der Waals surface area contributed by atoms with Crippen LogP contribution in [0.15, 0.2) is 85.5 Å². The highest BCUT2D eigenvalue weighted by atomic mass is 32.2. The molecule has 0 aliphatic carbocycles. The highest BCUT2D eigenvalue weighted by Gasteiger charge is 2.47. The Kier molecular flexibility index (Phi) is 13.5. The highest BCUT2D eigenvalue weighted by molar-refractivity contribution is 8.00. The summed E-state index contributed by atoms with van der Waals surface area (Å²) in [5.74, 6) is -3.40. The normalized spacial score (nSPS) is 18.0. The molecule has 1 saturated heterocycles. The third-order valence-electron chi connectivity index (χ3n) is 8.21. The summed E-state index contributed by atoms with van der Waals surface area (Å²) in [5, 5.41) is 11.9. The minimum absolute atomic E-state index is 0.0482. The van der Waals surface area contributed by atoms with Crippen LogP contribution in [0.5, 0.6) is 5.75 Å². The van der Waals surface area contributed by atoms with Gasteiger partial charge in [-0.2, -0.15) is 10.4 Å². The van der Waals surface area contributed by atoms with Crippen LogP contribution < -0.4 is 4.74 Å². The molecule has 284 valence electrons. The van der Waals surface area contributed by atoms with Crippen LogP contribution in [0, 0.1) is 28.8 Å². The second-order valence-corrected chi connectivity index (χ2v) is 14.7. The van der Waals surface area contributed by atoms with Crippen molar-refractivity contribution in [3.63, 3.8) is 0 Å². The lowest BCUT2D eigenvalue weighted by Gasteiger charge is -2.40. The Morgan fingerprint density at radius 2 is 1.93 bits per heavy atom. The monoisotopic (exact) mass is 786 g/mol.